The van der Waals surface area contributed by atoms with Gasteiger partial charge in [-0.25, -0.2) is 0 Å². The zero-order valence-corrected chi connectivity index (χ0v) is 11.2. The van der Waals surface area contributed by atoms with Gasteiger partial charge in [0.25, 0.3) is 0 Å². The molecule has 1 saturated heterocycles. The summed E-state index contributed by atoms with van der Waals surface area (Å²) >= 11 is 0. The van der Waals surface area contributed by atoms with Crippen LogP contribution in [-0.2, 0) is 9.53 Å². The number of hydrogen-bond donors (Lipinski definition) is 2. The topological polar surface area (TPSA) is 58.6 Å². The molecule has 1 unspecified atom stereocenters. The van der Waals surface area contributed by atoms with Crippen molar-refractivity contribution in [1.82, 2.24) is 5.32 Å². The molecule has 1 rings (SSSR count). The second-order valence-electron chi connectivity index (χ2n) is 5.60. The number of nitrogens with one attached hydrogen (secondary N) is 1. The number of carboxylic acids is 1. The Labute approximate surface area is 104 Å². The van der Waals surface area contributed by atoms with Crippen LogP contribution in [-0.4, -0.2) is 35.9 Å². The molecule has 17 heavy (non-hydrogen) atoms. The summed E-state index contributed by atoms with van der Waals surface area (Å²) in [6.07, 6.45) is 3.42. The van der Waals surface area contributed by atoms with Crippen molar-refractivity contribution in [1.29, 1.82) is 0 Å². The summed E-state index contributed by atoms with van der Waals surface area (Å²) in [5, 5.41) is 12.7. The van der Waals surface area contributed by atoms with Crippen LogP contribution in [0.1, 0.15) is 46.5 Å². The molecule has 2 N–H and O–H groups in total. The molecule has 0 aliphatic carbocycles. The van der Waals surface area contributed by atoms with Gasteiger partial charge < -0.3 is 9.84 Å². The Balaban J connectivity index is 2.53. The highest BCUT2D eigenvalue weighted by Gasteiger charge is 2.35. The highest BCUT2D eigenvalue weighted by Crippen LogP contribution is 2.20. The fraction of sp³-hybridized carbons (Fsp3) is 0.923. The standard InChI is InChI=1S/C13H25NO3/c1-10(2)4-7-13(3,12(15)16)14-11-5-8-17-9-6-11/h10-11,14H,4-9H2,1-3H3,(H,15,16). The van der Waals surface area contributed by atoms with Crippen molar-refractivity contribution in [3.05, 3.63) is 0 Å². The van der Waals surface area contributed by atoms with Gasteiger partial charge in [-0.2, -0.15) is 0 Å². The largest absolute Gasteiger partial charge is 0.480 e. The lowest BCUT2D eigenvalue weighted by atomic mass is 9.90. The van der Waals surface area contributed by atoms with Crippen molar-refractivity contribution < 1.29 is 14.6 Å². The Morgan fingerprint density at radius 3 is 2.53 bits per heavy atom. The SMILES string of the molecule is CC(C)CCC(C)(NC1CCOCC1)C(=O)O. The molecular formula is C13H25NO3. The van der Waals surface area contributed by atoms with Crippen LogP contribution in [0.25, 0.3) is 0 Å². The molecule has 0 bridgehead atoms. The number of hydrogen-bond acceptors (Lipinski definition) is 3. The molecule has 1 aliphatic heterocycles. The minimum absolute atomic E-state index is 0.275. The van der Waals surface area contributed by atoms with E-state index in [0.29, 0.717) is 12.3 Å². The van der Waals surface area contributed by atoms with Crippen molar-refractivity contribution in [2.75, 3.05) is 13.2 Å². The zero-order valence-electron chi connectivity index (χ0n) is 11.2. The maximum Gasteiger partial charge on any atom is 0.323 e. The first kappa shape index (κ1) is 14.5. The molecule has 4 nitrogen and oxygen atoms in total. The highest BCUT2D eigenvalue weighted by atomic mass is 16.5. The molecule has 0 spiro atoms. The highest BCUT2D eigenvalue weighted by molar-refractivity contribution is 5.78. The van der Waals surface area contributed by atoms with Gasteiger partial charge in [0.15, 0.2) is 0 Å². The zero-order chi connectivity index (χ0) is 12.9. The Morgan fingerprint density at radius 1 is 1.47 bits per heavy atom. The third-order valence-electron chi connectivity index (χ3n) is 3.44. The maximum absolute atomic E-state index is 11.4. The Morgan fingerprint density at radius 2 is 2.06 bits per heavy atom. The van der Waals surface area contributed by atoms with Gasteiger partial charge in [-0.05, 0) is 38.5 Å². The number of carboxylic acid groups (broad SMARTS) is 1. The lowest BCUT2D eigenvalue weighted by Crippen LogP contribution is -2.55. The van der Waals surface area contributed by atoms with Gasteiger partial charge >= 0.3 is 5.97 Å². The van der Waals surface area contributed by atoms with Crippen LogP contribution in [0.15, 0.2) is 0 Å². The molecule has 1 fully saturated rings. The Bertz CT molecular complexity index is 249. The minimum Gasteiger partial charge on any atom is -0.480 e. The first-order valence-electron chi connectivity index (χ1n) is 6.53. The van der Waals surface area contributed by atoms with E-state index in [1.165, 1.54) is 0 Å². The van der Waals surface area contributed by atoms with Gasteiger partial charge in [0.1, 0.15) is 5.54 Å². The number of ether oxygens (including phenoxy) is 1. The Hall–Kier alpha value is -0.610. The van der Waals surface area contributed by atoms with Gasteiger partial charge in [0.2, 0.25) is 0 Å². The van der Waals surface area contributed by atoms with Crippen molar-refractivity contribution in [3.8, 4) is 0 Å². The molecule has 100 valence electrons. The maximum atomic E-state index is 11.4. The van der Waals surface area contributed by atoms with Crippen LogP contribution in [0, 0.1) is 5.92 Å². The summed E-state index contributed by atoms with van der Waals surface area (Å²) in [5.74, 6) is -0.213. The fourth-order valence-electron chi connectivity index (χ4n) is 2.11. The average Bonchev–Trinajstić information content (AvgIpc) is 2.27. The predicted octanol–water partition coefficient (Wildman–Crippen LogP) is 2.03. The monoisotopic (exact) mass is 243 g/mol. The van der Waals surface area contributed by atoms with E-state index in [0.717, 1.165) is 32.5 Å². The lowest BCUT2D eigenvalue weighted by Gasteiger charge is -2.34. The van der Waals surface area contributed by atoms with Gasteiger partial charge in [-0.3, -0.25) is 10.1 Å². The first-order chi connectivity index (χ1) is 7.94. The van der Waals surface area contributed by atoms with Crippen molar-refractivity contribution in [2.24, 2.45) is 5.92 Å². The molecule has 1 heterocycles. The van der Waals surface area contributed by atoms with E-state index in [-0.39, 0.29) is 6.04 Å². The number of rotatable bonds is 6. The van der Waals surface area contributed by atoms with Crippen molar-refractivity contribution in [2.45, 2.75) is 58.0 Å². The normalized spacial score (nSPS) is 21.4. The molecule has 0 aromatic carbocycles. The molecule has 4 heteroatoms. The summed E-state index contributed by atoms with van der Waals surface area (Å²) in [7, 11) is 0. The fourth-order valence-corrected chi connectivity index (χ4v) is 2.11. The smallest absolute Gasteiger partial charge is 0.323 e. The molecule has 0 aromatic heterocycles. The third-order valence-corrected chi connectivity index (χ3v) is 3.44. The molecular weight excluding hydrogens is 218 g/mol. The van der Waals surface area contributed by atoms with Crippen LogP contribution < -0.4 is 5.32 Å². The third kappa shape index (κ3) is 4.64. The lowest BCUT2D eigenvalue weighted by molar-refractivity contribution is -0.145. The van der Waals surface area contributed by atoms with Crippen molar-refractivity contribution >= 4 is 5.97 Å². The summed E-state index contributed by atoms with van der Waals surface area (Å²) < 4.78 is 5.29. The van der Waals surface area contributed by atoms with E-state index in [2.05, 4.69) is 19.2 Å². The molecule has 0 saturated carbocycles. The Kier molecular flexibility index (Phi) is 5.40. The van der Waals surface area contributed by atoms with Crippen LogP contribution in [0.4, 0.5) is 0 Å². The number of aliphatic carboxylic acids is 1. The van der Waals surface area contributed by atoms with E-state index in [1.807, 2.05) is 0 Å². The average molecular weight is 243 g/mol. The van der Waals surface area contributed by atoms with E-state index < -0.39 is 11.5 Å². The van der Waals surface area contributed by atoms with Gasteiger partial charge in [0.05, 0.1) is 0 Å². The summed E-state index contributed by atoms with van der Waals surface area (Å²) in [6.45, 7) is 7.51. The van der Waals surface area contributed by atoms with Gasteiger partial charge in [-0.15, -0.1) is 0 Å². The van der Waals surface area contributed by atoms with E-state index in [1.54, 1.807) is 6.92 Å². The summed E-state index contributed by atoms with van der Waals surface area (Å²) in [6, 6.07) is 0.275. The molecule has 1 atom stereocenters. The van der Waals surface area contributed by atoms with E-state index >= 15 is 0 Å². The second-order valence-corrected chi connectivity index (χ2v) is 5.60. The number of carbonyl (C=O) groups is 1. The molecule has 0 amide bonds. The van der Waals surface area contributed by atoms with Crippen LogP contribution in [0.2, 0.25) is 0 Å². The van der Waals surface area contributed by atoms with Crippen LogP contribution in [0.5, 0.6) is 0 Å². The quantitative estimate of drug-likeness (QED) is 0.749. The van der Waals surface area contributed by atoms with E-state index in [9.17, 15) is 9.90 Å². The van der Waals surface area contributed by atoms with E-state index in [4.69, 9.17) is 4.74 Å². The van der Waals surface area contributed by atoms with Gasteiger partial charge in [0, 0.05) is 19.3 Å². The summed E-state index contributed by atoms with van der Waals surface area (Å²) in [5.41, 5.74) is -0.799. The van der Waals surface area contributed by atoms with Crippen LogP contribution >= 0.6 is 0 Å². The van der Waals surface area contributed by atoms with Crippen LogP contribution in [0.3, 0.4) is 0 Å². The summed E-state index contributed by atoms with van der Waals surface area (Å²) in [4.78, 5) is 11.4. The molecule has 0 aromatic rings. The van der Waals surface area contributed by atoms with Gasteiger partial charge in [-0.1, -0.05) is 13.8 Å². The molecule has 0 radical (unpaired) electrons. The van der Waals surface area contributed by atoms with Crippen molar-refractivity contribution in [3.63, 3.8) is 0 Å². The predicted molar refractivity (Wildman–Crippen MR) is 67.1 cm³/mol. The second kappa shape index (κ2) is 6.36. The molecule has 1 aliphatic rings. The first-order valence-corrected chi connectivity index (χ1v) is 6.53. The minimum atomic E-state index is -0.799.